The summed E-state index contributed by atoms with van der Waals surface area (Å²) in [5.41, 5.74) is 0. The Kier molecular flexibility index (Phi) is 3.61. The van der Waals surface area contributed by atoms with Gasteiger partial charge in [0, 0.05) is 0 Å². The van der Waals surface area contributed by atoms with Crippen molar-refractivity contribution >= 4 is 19.4 Å². The van der Waals surface area contributed by atoms with Crippen molar-refractivity contribution in [1.29, 1.82) is 0 Å². The van der Waals surface area contributed by atoms with Gasteiger partial charge in [-0.15, -0.1) is 0 Å². The molecule has 2 aliphatic heterocycles. The number of fused-ring (bicyclic) bond motifs is 1. The molecule has 0 aliphatic carbocycles. The van der Waals surface area contributed by atoms with Gasteiger partial charge in [0.15, 0.2) is 0 Å². The third-order valence-electron chi connectivity index (χ3n) is 2.99. The van der Waals surface area contributed by atoms with Gasteiger partial charge in [-0.05, 0) is 0 Å². The van der Waals surface area contributed by atoms with Crippen molar-refractivity contribution in [2.75, 3.05) is 13.4 Å². The van der Waals surface area contributed by atoms with E-state index in [2.05, 4.69) is 0 Å². The monoisotopic (exact) mass is 318 g/mol. The molecule has 5 heteroatoms. The molecule has 2 heterocycles. The summed E-state index contributed by atoms with van der Waals surface area (Å²) in [6, 6.07) is 9.98. The fraction of sp³-hybridized carbons (Fsp3) is 0.538. The van der Waals surface area contributed by atoms with Crippen molar-refractivity contribution in [2.24, 2.45) is 0 Å². The molecule has 5 atom stereocenters. The number of hydrogen-bond acceptors (Lipinski definition) is 4. The Morgan fingerprint density at radius 3 is 3.00 bits per heavy atom. The Morgan fingerprint density at radius 1 is 1.33 bits per heavy atom. The van der Waals surface area contributed by atoms with E-state index in [4.69, 9.17) is 15.6 Å². The number of aliphatic hydroxyl groups excluding tert-OH is 1. The SMILES string of the molecule is [3H]C1[C@@H]([Se]c2ccccc2)OC2COCO[C@@H]2[C@@H]1O. The van der Waals surface area contributed by atoms with Gasteiger partial charge in [-0.25, -0.2) is 0 Å². The first kappa shape index (κ1) is 11.4. The summed E-state index contributed by atoms with van der Waals surface area (Å²) in [6.07, 6.45) is -2.17. The van der Waals surface area contributed by atoms with Crippen LogP contribution in [0.1, 0.15) is 7.77 Å². The number of ether oxygens (including phenoxy) is 3. The summed E-state index contributed by atoms with van der Waals surface area (Å²) in [5.74, 6) is 0. The van der Waals surface area contributed by atoms with Crippen LogP contribution in [0.2, 0.25) is 0 Å². The average molecular weight is 317 g/mol. The van der Waals surface area contributed by atoms with Crippen LogP contribution in [0, 0.1) is 0 Å². The molecule has 2 fully saturated rings. The van der Waals surface area contributed by atoms with E-state index in [9.17, 15) is 5.11 Å². The van der Waals surface area contributed by atoms with Crippen molar-refractivity contribution in [3.05, 3.63) is 30.3 Å². The molecule has 4 nitrogen and oxygen atoms in total. The molecular weight excluding hydrogens is 299 g/mol. The Hall–Kier alpha value is -0.421. The van der Waals surface area contributed by atoms with Crippen molar-refractivity contribution < 1.29 is 20.7 Å². The first-order chi connectivity index (χ1) is 9.25. The second-order valence-electron chi connectivity index (χ2n) is 4.28. The number of rotatable bonds is 2. The minimum absolute atomic E-state index is 0.00290. The van der Waals surface area contributed by atoms with Crippen LogP contribution in [0.15, 0.2) is 30.3 Å². The van der Waals surface area contributed by atoms with Crippen LogP contribution in [-0.2, 0) is 14.2 Å². The molecule has 0 bridgehead atoms. The second-order valence-corrected chi connectivity index (χ2v) is 6.74. The molecule has 0 spiro atoms. The van der Waals surface area contributed by atoms with Crippen molar-refractivity contribution in [3.8, 4) is 0 Å². The second kappa shape index (κ2) is 5.70. The van der Waals surface area contributed by atoms with E-state index in [1.54, 1.807) is 0 Å². The zero-order valence-corrected chi connectivity index (χ0v) is 11.5. The Bertz CT molecular complexity index is 416. The van der Waals surface area contributed by atoms with E-state index in [0.29, 0.717) is 6.61 Å². The standard InChI is InChI=1S/C13H16O4Se/c14-10-6-12(18-9-4-2-1-3-5-9)17-11-7-15-8-16-13(10)11/h1-5,10-14H,6-8H2/t10-,11?,12-,13-/m1/s1/i6T/t6?,10-,11?,12-,13-. The molecule has 2 unspecified atom stereocenters. The fourth-order valence-electron chi connectivity index (χ4n) is 2.12. The van der Waals surface area contributed by atoms with Gasteiger partial charge in [0.05, 0.1) is 0 Å². The Labute approximate surface area is 114 Å². The van der Waals surface area contributed by atoms with Crippen molar-refractivity contribution in [3.63, 3.8) is 0 Å². The summed E-state index contributed by atoms with van der Waals surface area (Å²) in [5, 5.41) is 9.92. The predicted octanol–water partition coefficient (Wildman–Crippen LogP) is -0.135. The molecule has 1 aromatic carbocycles. The summed E-state index contributed by atoms with van der Waals surface area (Å²) in [4.78, 5) is 0. The Balaban J connectivity index is 1.71. The van der Waals surface area contributed by atoms with Crippen LogP contribution in [-0.4, -0.2) is 56.8 Å². The molecule has 98 valence electrons. The van der Waals surface area contributed by atoms with Crippen LogP contribution in [0.4, 0.5) is 0 Å². The maximum absolute atomic E-state index is 10.2. The number of hydrogen-bond donors (Lipinski definition) is 1. The van der Waals surface area contributed by atoms with Crippen LogP contribution in [0.3, 0.4) is 0 Å². The third kappa shape index (κ3) is 2.77. The number of benzene rings is 1. The molecule has 18 heavy (non-hydrogen) atoms. The molecule has 0 radical (unpaired) electrons. The van der Waals surface area contributed by atoms with Gasteiger partial charge < -0.3 is 0 Å². The van der Waals surface area contributed by atoms with E-state index in [0.717, 1.165) is 0 Å². The van der Waals surface area contributed by atoms with Crippen LogP contribution < -0.4 is 4.46 Å². The predicted molar refractivity (Wildman–Crippen MR) is 66.8 cm³/mol. The molecule has 2 saturated heterocycles. The molecule has 2 aliphatic rings. The van der Waals surface area contributed by atoms with Gasteiger partial charge in [0.25, 0.3) is 0 Å². The molecule has 0 amide bonds. The molecule has 0 saturated carbocycles. The van der Waals surface area contributed by atoms with Gasteiger partial charge in [0.2, 0.25) is 0 Å². The van der Waals surface area contributed by atoms with E-state index in [-0.39, 0.29) is 32.9 Å². The molecule has 1 aromatic rings. The third-order valence-corrected chi connectivity index (χ3v) is 5.18. The molecule has 1 N–H and O–H groups in total. The summed E-state index contributed by atoms with van der Waals surface area (Å²) >= 11 is -0.00290. The fourth-order valence-corrected chi connectivity index (χ4v) is 4.26. The Morgan fingerprint density at radius 2 is 2.17 bits per heavy atom. The first-order valence-corrected chi connectivity index (χ1v) is 7.77. The average Bonchev–Trinajstić information content (AvgIpc) is 2.46. The van der Waals surface area contributed by atoms with Gasteiger partial charge in [0.1, 0.15) is 0 Å². The van der Waals surface area contributed by atoms with E-state index >= 15 is 0 Å². The minimum atomic E-state index is -0.807. The zero-order chi connectivity index (χ0) is 13.2. The normalized spacial score (nSPS) is 40.9. The van der Waals surface area contributed by atoms with E-state index in [1.807, 2.05) is 30.3 Å². The topological polar surface area (TPSA) is 47.9 Å². The zero-order valence-electron chi connectivity index (χ0n) is 10.8. The maximum atomic E-state index is 10.2. The molecule has 3 rings (SSSR count). The first-order valence-electron chi connectivity index (χ1n) is 6.50. The van der Waals surface area contributed by atoms with Crippen LogP contribution >= 0.6 is 0 Å². The van der Waals surface area contributed by atoms with Crippen molar-refractivity contribution in [2.45, 2.75) is 29.7 Å². The molecular formula is C13H16O4Se. The van der Waals surface area contributed by atoms with Crippen LogP contribution in [0.5, 0.6) is 0 Å². The quantitative estimate of drug-likeness (QED) is 0.772. The van der Waals surface area contributed by atoms with Gasteiger partial charge in [-0.2, -0.15) is 0 Å². The van der Waals surface area contributed by atoms with Crippen molar-refractivity contribution in [1.82, 2.24) is 0 Å². The summed E-state index contributed by atoms with van der Waals surface area (Å²) < 4.78 is 25.8. The van der Waals surface area contributed by atoms with E-state index in [1.165, 1.54) is 4.46 Å². The van der Waals surface area contributed by atoms with Gasteiger partial charge >= 0.3 is 114 Å². The summed E-state index contributed by atoms with van der Waals surface area (Å²) in [7, 11) is 0. The molecule has 0 aromatic heterocycles. The van der Waals surface area contributed by atoms with E-state index < -0.39 is 18.6 Å². The summed E-state index contributed by atoms with van der Waals surface area (Å²) in [6.45, 7) is 0.596. The van der Waals surface area contributed by atoms with Crippen LogP contribution in [0.25, 0.3) is 0 Å². The van der Waals surface area contributed by atoms with Gasteiger partial charge in [-0.3, -0.25) is 0 Å². The van der Waals surface area contributed by atoms with Gasteiger partial charge in [-0.1, -0.05) is 0 Å². The number of aliphatic hydroxyl groups is 1.